The third-order valence-electron chi connectivity index (χ3n) is 3.64. The molecule has 0 saturated heterocycles. The number of ether oxygens (including phenoxy) is 2. The summed E-state index contributed by atoms with van der Waals surface area (Å²) in [6, 6.07) is 6.06. The van der Waals surface area contributed by atoms with E-state index < -0.39 is 0 Å². The molecular formula is C17H25NO2. The predicted octanol–water partition coefficient (Wildman–Crippen LogP) is 3.68. The highest BCUT2D eigenvalue weighted by Gasteiger charge is 2.09. The summed E-state index contributed by atoms with van der Waals surface area (Å²) in [6.07, 6.45) is 7.43. The Labute approximate surface area is 122 Å². The highest BCUT2D eigenvalue weighted by Crippen LogP contribution is 2.31. The van der Waals surface area contributed by atoms with Gasteiger partial charge in [0.2, 0.25) is 0 Å². The Balaban J connectivity index is 1.86. The van der Waals surface area contributed by atoms with E-state index in [1.807, 2.05) is 19.1 Å². The highest BCUT2D eigenvalue weighted by atomic mass is 16.5. The van der Waals surface area contributed by atoms with Crippen LogP contribution in [0, 0.1) is 0 Å². The first-order chi connectivity index (χ1) is 9.85. The lowest BCUT2D eigenvalue weighted by atomic mass is 10.1. The highest BCUT2D eigenvalue weighted by molar-refractivity contribution is 5.46. The first-order valence-corrected chi connectivity index (χ1v) is 7.52. The summed E-state index contributed by atoms with van der Waals surface area (Å²) in [5, 5.41) is 3.50. The molecule has 0 aliphatic heterocycles. The molecule has 1 aromatic rings. The van der Waals surface area contributed by atoms with Gasteiger partial charge < -0.3 is 14.8 Å². The van der Waals surface area contributed by atoms with Crippen LogP contribution >= 0.6 is 0 Å². The van der Waals surface area contributed by atoms with E-state index in [0.29, 0.717) is 6.61 Å². The van der Waals surface area contributed by atoms with Gasteiger partial charge in [-0.2, -0.15) is 0 Å². The lowest BCUT2D eigenvalue weighted by molar-refractivity contribution is 0.308. The van der Waals surface area contributed by atoms with E-state index in [1.54, 1.807) is 12.7 Å². The van der Waals surface area contributed by atoms with E-state index in [0.717, 1.165) is 36.6 Å². The zero-order chi connectivity index (χ0) is 14.2. The number of hydrogen-bond acceptors (Lipinski definition) is 3. The number of allylic oxidation sites excluding steroid dienone is 1. The van der Waals surface area contributed by atoms with E-state index in [4.69, 9.17) is 9.47 Å². The summed E-state index contributed by atoms with van der Waals surface area (Å²) < 4.78 is 11.1. The van der Waals surface area contributed by atoms with Crippen molar-refractivity contribution in [3.63, 3.8) is 0 Å². The monoisotopic (exact) mass is 275 g/mol. The number of nitrogens with one attached hydrogen (secondary N) is 1. The average molecular weight is 275 g/mol. The van der Waals surface area contributed by atoms with Crippen LogP contribution in [-0.4, -0.2) is 20.3 Å². The molecule has 1 aliphatic carbocycles. The molecule has 0 unspecified atom stereocenters. The minimum Gasteiger partial charge on any atom is -0.493 e. The fraction of sp³-hybridized carbons (Fsp3) is 0.529. The van der Waals surface area contributed by atoms with E-state index in [2.05, 4.69) is 17.5 Å². The SMILES string of the molecule is CCOc1cccc(CNCCC2=CCCC2)c1OC. The van der Waals surface area contributed by atoms with E-state index >= 15 is 0 Å². The van der Waals surface area contributed by atoms with Gasteiger partial charge in [-0.15, -0.1) is 0 Å². The lowest BCUT2D eigenvalue weighted by Gasteiger charge is -2.14. The van der Waals surface area contributed by atoms with Crippen molar-refractivity contribution >= 4 is 0 Å². The third-order valence-corrected chi connectivity index (χ3v) is 3.64. The molecule has 1 aliphatic rings. The summed E-state index contributed by atoms with van der Waals surface area (Å²) in [6.45, 7) is 4.48. The van der Waals surface area contributed by atoms with Crippen LogP contribution in [0.4, 0.5) is 0 Å². The molecule has 20 heavy (non-hydrogen) atoms. The molecule has 0 radical (unpaired) electrons. The summed E-state index contributed by atoms with van der Waals surface area (Å²) in [4.78, 5) is 0. The van der Waals surface area contributed by atoms with Crippen molar-refractivity contribution in [3.8, 4) is 11.5 Å². The molecule has 0 saturated carbocycles. The molecule has 3 nitrogen and oxygen atoms in total. The molecule has 0 atom stereocenters. The largest absolute Gasteiger partial charge is 0.493 e. The smallest absolute Gasteiger partial charge is 0.165 e. The molecule has 1 N–H and O–H groups in total. The zero-order valence-electron chi connectivity index (χ0n) is 12.6. The lowest BCUT2D eigenvalue weighted by Crippen LogP contribution is -2.16. The normalized spacial score (nSPS) is 14.2. The van der Waals surface area contributed by atoms with Crippen molar-refractivity contribution in [1.82, 2.24) is 5.32 Å². The fourth-order valence-electron chi connectivity index (χ4n) is 2.64. The van der Waals surface area contributed by atoms with Crippen LogP contribution in [-0.2, 0) is 6.54 Å². The maximum absolute atomic E-state index is 5.59. The van der Waals surface area contributed by atoms with E-state index in [-0.39, 0.29) is 0 Å². The number of rotatable bonds is 8. The third kappa shape index (κ3) is 4.01. The Morgan fingerprint density at radius 2 is 2.20 bits per heavy atom. The topological polar surface area (TPSA) is 30.5 Å². The maximum atomic E-state index is 5.59. The van der Waals surface area contributed by atoms with Crippen molar-refractivity contribution < 1.29 is 9.47 Å². The van der Waals surface area contributed by atoms with Gasteiger partial charge in [0.05, 0.1) is 13.7 Å². The standard InChI is InChI=1S/C17H25NO2/c1-3-20-16-10-6-9-15(17(16)19-2)13-18-12-11-14-7-4-5-8-14/h6-7,9-10,18H,3-5,8,11-13H2,1-2H3. The molecule has 0 fully saturated rings. The van der Waals surface area contributed by atoms with Crippen LogP contribution in [0.1, 0.15) is 38.2 Å². The van der Waals surface area contributed by atoms with Gasteiger partial charge in [-0.1, -0.05) is 23.8 Å². The van der Waals surface area contributed by atoms with Crippen LogP contribution in [0.15, 0.2) is 29.8 Å². The minimum atomic E-state index is 0.654. The average Bonchev–Trinajstić information content (AvgIpc) is 2.97. The van der Waals surface area contributed by atoms with Crippen LogP contribution in [0.25, 0.3) is 0 Å². The Hall–Kier alpha value is -1.48. The number of methoxy groups -OCH3 is 1. The summed E-state index contributed by atoms with van der Waals surface area (Å²) in [5.74, 6) is 1.68. The predicted molar refractivity (Wildman–Crippen MR) is 82.4 cm³/mol. The molecule has 0 spiro atoms. The number of benzene rings is 1. The fourth-order valence-corrected chi connectivity index (χ4v) is 2.64. The van der Waals surface area contributed by atoms with Crippen molar-refractivity contribution in [3.05, 3.63) is 35.4 Å². The Kier molecular flexibility index (Phi) is 5.93. The molecule has 1 aromatic carbocycles. The summed E-state index contributed by atoms with van der Waals surface area (Å²) >= 11 is 0. The second-order valence-electron chi connectivity index (χ2n) is 5.06. The molecular weight excluding hydrogens is 250 g/mol. The van der Waals surface area contributed by atoms with Gasteiger partial charge in [0.25, 0.3) is 0 Å². The second-order valence-corrected chi connectivity index (χ2v) is 5.06. The van der Waals surface area contributed by atoms with Crippen LogP contribution in [0.3, 0.4) is 0 Å². The quantitative estimate of drug-likeness (QED) is 0.580. The van der Waals surface area contributed by atoms with Crippen molar-refractivity contribution in [1.29, 1.82) is 0 Å². The van der Waals surface area contributed by atoms with E-state index in [9.17, 15) is 0 Å². The Morgan fingerprint density at radius 3 is 2.90 bits per heavy atom. The molecule has 0 heterocycles. The van der Waals surface area contributed by atoms with Gasteiger partial charge in [0.15, 0.2) is 11.5 Å². The van der Waals surface area contributed by atoms with Gasteiger partial charge in [-0.05, 0) is 45.2 Å². The number of hydrogen-bond donors (Lipinski definition) is 1. The molecule has 2 rings (SSSR count). The Morgan fingerprint density at radius 1 is 1.30 bits per heavy atom. The Bertz CT molecular complexity index is 454. The first-order valence-electron chi connectivity index (χ1n) is 7.52. The van der Waals surface area contributed by atoms with Gasteiger partial charge in [-0.3, -0.25) is 0 Å². The van der Waals surface area contributed by atoms with Crippen LogP contribution in [0.2, 0.25) is 0 Å². The molecule has 0 amide bonds. The van der Waals surface area contributed by atoms with Crippen LogP contribution in [0.5, 0.6) is 11.5 Å². The van der Waals surface area contributed by atoms with Crippen molar-refractivity contribution in [2.45, 2.75) is 39.2 Å². The van der Waals surface area contributed by atoms with Gasteiger partial charge in [0, 0.05) is 12.1 Å². The molecule has 0 bridgehead atoms. The van der Waals surface area contributed by atoms with Gasteiger partial charge in [-0.25, -0.2) is 0 Å². The summed E-state index contributed by atoms with van der Waals surface area (Å²) in [5.41, 5.74) is 2.76. The maximum Gasteiger partial charge on any atom is 0.165 e. The van der Waals surface area contributed by atoms with E-state index in [1.165, 1.54) is 19.3 Å². The van der Waals surface area contributed by atoms with Crippen molar-refractivity contribution in [2.24, 2.45) is 0 Å². The number of para-hydroxylation sites is 1. The minimum absolute atomic E-state index is 0.654. The first kappa shape index (κ1) is 14.9. The summed E-state index contributed by atoms with van der Waals surface area (Å²) in [7, 11) is 1.70. The van der Waals surface area contributed by atoms with Gasteiger partial charge >= 0.3 is 0 Å². The molecule has 3 heteroatoms. The van der Waals surface area contributed by atoms with Crippen molar-refractivity contribution in [2.75, 3.05) is 20.3 Å². The molecule has 0 aromatic heterocycles. The zero-order valence-corrected chi connectivity index (χ0v) is 12.6. The van der Waals surface area contributed by atoms with Crippen LogP contribution < -0.4 is 14.8 Å². The molecule has 110 valence electrons. The van der Waals surface area contributed by atoms with Gasteiger partial charge in [0.1, 0.15) is 0 Å². The second kappa shape index (κ2) is 7.95.